The Hall–Kier alpha value is -1.60. The number of aromatic nitrogens is 1. The van der Waals surface area contributed by atoms with Gasteiger partial charge in [-0.15, -0.1) is 0 Å². The van der Waals surface area contributed by atoms with Crippen molar-refractivity contribution < 1.29 is 23.1 Å². The lowest BCUT2D eigenvalue weighted by Gasteiger charge is -2.11. The quantitative estimate of drug-likeness (QED) is 0.256. The van der Waals surface area contributed by atoms with Gasteiger partial charge in [0.1, 0.15) is 11.3 Å². The molecule has 0 aliphatic heterocycles. The van der Waals surface area contributed by atoms with Gasteiger partial charge >= 0.3 is 5.97 Å². The number of pyridine rings is 1. The van der Waals surface area contributed by atoms with Crippen molar-refractivity contribution in [2.24, 2.45) is 10.9 Å². The first-order valence-electron chi connectivity index (χ1n) is 6.74. The highest BCUT2D eigenvalue weighted by Crippen LogP contribution is 2.29. The Kier molecular flexibility index (Phi) is 5.64. The Morgan fingerprint density at radius 1 is 1.52 bits per heavy atom. The molecule has 2 rings (SSSR count). The number of aliphatic imine (C=N–C) groups is 1. The van der Waals surface area contributed by atoms with Crippen LogP contribution in [0.5, 0.6) is 0 Å². The van der Waals surface area contributed by atoms with E-state index in [1.807, 2.05) is 0 Å². The van der Waals surface area contributed by atoms with E-state index in [0.29, 0.717) is 0 Å². The summed E-state index contributed by atoms with van der Waals surface area (Å²) in [5, 5.41) is -0.843. The number of nitrogens with zero attached hydrogens (tertiary/aromatic N) is 2. The number of carbonyl (C=O) groups is 2. The van der Waals surface area contributed by atoms with Crippen LogP contribution in [0.15, 0.2) is 11.1 Å². The number of alkyl halides is 1. The van der Waals surface area contributed by atoms with Gasteiger partial charge in [0.2, 0.25) is 0 Å². The van der Waals surface area contributed by atoms with Crippen LogP contribution in [0.4, 0.5) is 8.78 Å². The Balaban J connectivity index is 2.30. The molecule has 0 bridgehead atoms. The summed E-state index contributed by atoms with van der Waals surface area (Å²) in [5.74, 6) is -4.15. The smallest absolute Gasteiger partial charge is 0.322 e. The van der Waals surface area contributed by atoms with Crippen molar-refractivity contribution >= 4 is 41.2 Å². The fourth-order valence-electron chi connectivity index (χ4n) is 1.76. The second kappa shape index (κ2) is 7.31. The average Bonchev–Trinajstić information content (AvgIpc) is 3.19. The highest BCUT2D eigenvalue weighted by atomic mass is 35.5. The first-order valence-corrected chi connectivity index (χ1v) is 7.50. The Labute approximate surface area is 140 Å². The zero-order valence-electron chi connectivity index (χ0n) is 11.9. The summed E-state index contributed by atoms with van der Waals surface area (Å²) >= 11 is 11.2. The van der Waals surface area contributed by atoms with Crippen LogP contribution in [0, 0.1) is 11.7 Å². The molecular formula is C14H12Cl2F2N2O3. The summed E-state index contributed by atoms with van der Waals surface area (Å²) in [6, 6.07) is 0.213. The zero-order chi connectivity index (χ0) is 17.1. The normalized spacial score (nSPS) is 21.3. The van der Waals surface area contributed by atoms with E-state index >= 15 is 0 Å². The predicted molar refractivity (Wildman–Crippen MR) is 80.5 cm³/mol. The molecule has 0 saturated heterocycles. The van der Waals surface area contributed by atoms with Gasteiger partial charge in [0.15, 0.2) is 22.7 Å². The van der Waals surface area contributed by atoms with Crippen LogP contribution in [0.25, 0.3) is 0 Å². The maximum Gasteiger partial charge on any atom is 0.322 e. The van der Waals surface area contributed by atoms with Crippen LogP contribution >= 0.6 is 23.2 Å². The van der Waals surface area contributed by atoms with Gasteiger partial charge in [0.25, 0.3) is 0 Å². The average molecular weight is 365 g/mol. The van der Waals surface area contributed by atoms with E-state index in [4.69, 9.17) is 27.9 Å². The van der Waals surface area contributed by atoms with E-state index in [2.05, 4.69) is 9.98 Å². The Morgan fingerprint density at radius 3 is 2.74 bits per heavy atom. The first kappa shape index (κ1) is 17.7. The maximum atomic E-state index is 13.5. The van der Waals surface area contributed by atoms with Crippen molar-refractivity contribution in [2.45, 2.75) is 25.6 Å². The van der Waals surface area contributed by atoms with Gasteiger partial charge in [-0.25, -0.2) is 13.8 Å². The fraction of sp³-hybridized carbons (Fsp3) is 0.429. The minimum Gasteiger partial charge on any atom is -0.465 e. The van der Waals surface area contributed by atoms with Crippen molar-refractivity contribution in [3.05, 3.63) is 27.8 Å². The molecule has 1 aromatic heterocycles. The summed E-state index contributed by atoms with van der Waals surface area (Å²) in [5.41, 5.74) is -0.328. The van der Waals surface area contributed by atoms with Crippen molar-refractivity contribution in [1.29, 1.82) is 0 Å². The standard InChI is InChI=1S/C14H12Cl2F2N2O3/c1-2-23-14(22)7(5-19-10-4-8(10)17)11(21)6-3-9(18)13(16)20-12(6)15/h3,5,7-8,10H,2,4H2,1H3. The van der Waals surface area contributed by atoms with Crippen molar-refractivity contribution in [1.82, 2.24) is 4.98 Å². The number of esters is 1. The van der Waals surface area contributed by atoms with Gasteiger partial charge in [0.05, 0.1) is 18.2 Å². The van der Waals surface area contributed by atoms with E-state index < -0.39 is 40.9 Å². The molecule has 1 aliphatic rings. The molecule has 0 spiro atoms. The number of rotatable bonds is 6. The summed E-state index contributed by atoms with van der Waals surface area (Å²) in [4.78, 5) is 31.7. The van der Waals surface area contributed by atoms with Gasteiger partial charge in [-0.3, -0.25) is 14.6 Å². The van der Waals surface area contributed by atoms with Gasteiger partial charge < -0.3 is 4.74 Å². The minimum absolute atomic E-state index is 0.0343. The monoisotopic (exact) mass is 364 g/mol. The number of ketones is 1. The van der Waals surface area contributed by atoms with Gasteiger partial charge in [-0.05, 0) is 13.0 Å². The molecule has 5 nitrogen and oxygen atoms in total. The molecule has 124 valence electrons. The molecule has 1 aliphatic carbocycles. The van der Waals surface area contributed by atoms with Crippen LogP contribution in [-0.4, -0.2) is 41.8 Å². The van der Waals surface area contributed by atoms with Gasteiger partial charge in [-0.1, -0.05) is 23.2 Å². The van der Waals surface area contributed by atoms with Crippen molar-refractivity contribution in [3.8, 4) is 0 Å². The molecule has 0 N–H and O–H groups in total. The third-order valence-corrected chi connectivity index (χ3v) is 3.64. The van der Waals surface area contributed by atoms with Crippen LogP contribution in [-0.2, 0) is 9.53 Å². The van der Waals surface area contributed by atoms with Gasteiger partial charge in [0, 0.05) is 12.6 Å². The highest BCUT2D eigenvalue weighted by molar-refractivity contribution is 6.36. The Bertz CT molecular complexity index is 670. The van der Waals surface area contributed by atoms with E-state index in [-0.39, 0.29) is 23.7 Å². The number of ether oxygens (including phenoxy) is 1. The first-order chi connectivity index (χ1) is 10.8. The second-order valence-corrected chi connectivity index (χ2v) is 5.53. The van der Waals surface area contributed by atoms with Crippen LogP contribution < -0.4 is 0 Å². The van der Waals surface area contributed by atoms with Gasteiger partial charge in [-0.2, -0.15) is 0 Å². The van der Waals surface area contributed by atoms with Crippen molar-refractivity contribution in [2.75, 3.05) is 6.61 Å². The van der Waals surface area contributed by atoms with Crippen molar-refractivity contribution in [3.63, 3.8) is 0 Å². The molecule has 23 heavy (non-hydrogen) atoms. The molecule has 1 saturated carbocycles. The SMILES string of the molecule is CCOC(=O)C(C=NC1CC1F)C(=O)c1cc(F)c(Cl)nc1Cl. The number of halogens is 4. The third kappa shape index (κ3) is 4.23. The number of hydrogen-bond donors (Lipinski definition) is 0. The number of Topliss-reactive ketones (excluding diaryl/α,β-unsaturated/α-hetero) is 1. The van der Waals surface area contributed by atoms with E-state index in [1.165, 1.54) is 0 Å². The molecule has 0 radical (unpaired) electrons. The lowest BCUT2D eigenvalue weighted by Crippen LogP contribution is -2.28. The minimum atomic E-state index is -1.46. The summed E-state index contributed by atoms with van der Waals surface area (Å²) in [6.45, 7) is 1.60. The second-order valence-electron chi connectivity index (χ2n) is 4.81. The molecule has 0 aromatic carbocycles. The molecule has 1 aromatic rings. The lowest BCUT2D eigenvalue weighted by molar-refractivity contribution is -0.143. The maximum absolute atomic E-state index is 13.5. The molecule has 1 fully saturated rings. The zero-order valence-corrected chi connectivity index (χ0v) is 13.4. The Morgan fingerprint density at radius 2 is 2.17 bits per heavy atom. The van der Waals surface area contributed by atoms with Crippen LogP contribution in [0.3, 0.4) is 0 Å². The van der Waals surface area contributed by atoms with Crippen LogP contribution in [0.2, 0.25) is 10.3 Å². The highest BCUT2D eigenvalue weighted by Gasteiger charge is 2.38. The molecule has 3 unspecified atom stereocenters. The molecule has 9 heteroatoms. The molecular weight excluding hydrogens is 353 g/mol. The number of hydrogen-bond acceptors (Lipinski definition) is 5. The topological polar surface area (TPSA) is 68.6 Å². The number of carbonyl (C=O) groups excluding carboxylic acids is 2. The summed E-state index contributed by atoms with van der Waals surface area (Å²) < 4.78 is 31.1. The van der Waals surface area contributed by atoms with E-state index in [1.54, 1.807) is 6.92 Å². The lowest BCUT2D eigenvalue weighted by atomic mass is 10.00. The third-order valence-electron chi connectivity index (χ3n) is 3.08. The summed E-state index contributed by atoms with van der Waals surface area (Å²) in [6.07, 6.45) is 0.161. The van der Waals surface area contributed by atoms with Crippen LogP contribution in [0.1, 0.15) is 23.7 Å². The van der Waals surface area contributed by atoms with E-state index in [9.17, 15) is 18.4 Å². The summed E-state index contributed by atoms with van der Waals surface area (Å²) in [7, 11) is 0. The molecule has 3 atom stereocenters. The predicted octanol–water partition coefficient (Wildman–Crippen LogP) is 3.07. The fourth-order valence-corrected chi connectivity index (χ4v) is 2.17. The molecule has 1 heterocycles. The molecule has 0 amide bonds. The largest absolute Gasteiger partial charge is 0.465 e. The van der Waals surface area contributed by atoms with E-state index in [0.717, 1.165) is 12.3 Å².